The quantitative estimate of drug-likeness (QED) is 0.833. The number of nitrogens with one attached hydrogen (secondary N) is 1. The maximum atomic E-state index is 12.3. The van der Waals surface area contributed by atoms with E-state index in [1.54, 1.807) is 6.07 Å². The molecule has 0 spiro atoms. The Hall–Kier alpha value is -2.63. The van der Waals surface area contributed by atoms with Crippen LogP contribution in [0.25, 0.3) is 0 Å². The second kappa shape index (κ2) is 9.04. The molecule has 0 unspecified atom stereocenters. The van der Waals surface area contributed by atoms with E-state index < -0.39 is 0 Å². The molecule has 150 valence electrons. The molecule has 1 aromatic carbocycles. The maximum absolute atomic E-state index is 12.3. The summed E-state index contributed by atoms with van der Waals surface area (Å²) in [5.41, 5.74) is 4.42. The van der Waals surface area contributed by atoms with Crippen molar-refractivity contribution in [1.29, 1.82) is 0 Å². The smallest absolute Gasteiger partial charge is 0.270 e. The molecule has 0 bridgehead atoms. The number of aryl methyl sites for hydroxylation is 1. The van der Waals surface area contributed by atoms with Crippen LogP contribution in [0.2, 0.25) is 0 Å². The van der Waals surface area contributed by atoms with Gasteiger partial charge < -0.3 is 15.1 Å². The fraction of sp³-hybridized carbons (Fsp3) is 0.500. The molecule has 2 aromatic rings. The predicted molar refractivity (Wildman–Crippen MR) is 114 cm³/mol. The molecule has 28 heavy (non-hydrogen) atoms. The van der Waals surface area contributed by atoms with Gasteiger partial charge in [0.1, 0.15) is 17.8 Å². The highest BCUT2D eigenvalue weighted by molar-refractivity contribution is 5.92. The van der Waals surface area contributed by atoms with Gasteiger partial charge in [0, 0.05) is 44.5 Å². The summed E-state index contributed by atoms with van der Waals surface area (Å²) in [5.74, 6) is 1.26. The van der Waals surface area contributed by atoms with Crippen molar-refractivity contribution in [2.24, 2.45) is 5.92 Å². The van der Waals surface area contributed by atoms with Gasteiger partial charge in [-0.3, -0.25) is 4.79 Å². The summed E-state index contributed by atoms with van der Waals surface area (Å²) < 4.78 is 0. The van der Waals surface area contributed by atoms with Crippen LogP contribution in [0, 0.1) is 19.8 Å². The van der Waals surface area contributed by atoms with E-state index in [1.807, 2.05) is 0 Å². The van der Waals surface area contributed by atoms with E-state index in [1.165, 1.54) is 23.1 Å². The summed E-state index contributed by atoms with van der Waals surface area (Å²) >= 11 is 0. The van der Waals surface area contributed by atoms with Crippen molar-refractivity contribution >= 4 is 17.4 Å². The Balaban J connectivity index is 1.61. The van der Waals surface area contributed by atoms with Gasteiger partial charge in [-0.2, -0.15) is 0 Å². The van der Waals surface area contributed by atoms with Crippen molar-refractivity contribution in [1.82, 2.24) is 15.3 Å². The molecule has 0 radical (unpaired) electrons. The largest absolute Gasteiger partial charge is 0.368 e. The Morgan fingerprint density at radius 3 is 2.54 bits per heavy atom. The van der Waals surface area contributed by atoms with Crippen LogP contribution in [-0.2, 0) is 0 Å². The van der Waals surface area contributed by atoms with Crippen LogP contribution < -0.4 is 15.1 Å². The van der Waals surface area contributed by atoms with E-state index in [0.29, 0.717) is 18.2 Å². The number of rotatable bonds is 6. The maximum Gasteiger partial charge on any atom is 0.270 e. The number of carbonyl (C=O) groups is 1. The van der Waals surface area contributed by atoms with E-state index in [0.717, 1.165) is 38.4 Å². The van der Waals surface area contributed by atoms with E-state index in [-0.39, 0.29) is 5.91 Å². The molecule has 1 saturated heterocycles. The van der Waals surface area contributed by atoms with Gasteiger partial charge in [0.15, 0.2) is 0 Å². The molecule has 1 aliphatic rings. The van der Waals surface area contributed by atoms with Crippen molar-refractivity contribution in [2.75, 3.05) is 42.5 Å². The fourth-order valence-corrected chi connectivity index (χ4v) is 3.46. The lowest BCUT2D eigenvalue weighted by Gasteiger charge is -2.37. The summed E-state index contributed by atoms with van der Waals surface area (Å²) in [5, 5.41) is 2.94. The first-order valence-corrected chi connectivity index (χ1v) is 10.1. The standard InChI is InChI=1S/C22H31N5O/c1-16(2)8-9-23-22(28)19-14-21(25-15-24-19)27-12-10-26(11-13-27)20-7-5-6-17(3)18(20)4/h5-7,14-16H,8-13H2,1-4H3,(H,23,28). The first-order valence-electron chi connectivity index (χ1n) is 10.1. The van der Waals surface area contributed by atoms with Crippen LogP contribution in [0.4, 0.5) is 11.5 Å². The highest BCUT2D eigenvalue weighted by atomic mass is 16.1. The number of hydrogen-bond donors (Lipinski definition) is 1. The molecule has 1 amide bonds. The van der Waals surface area contributed by atoms with Gasteiger partial charge in [-0.1, -0.05) is 26.0 Å². The molecule has 3 rings (SSSR count). The van der Waals surface area contributed by atoms with E-state index >= 15 is 0 Å². The number of hydrogen-bond acceptors (Lipinski definition) is 5. The molecule has 1 aliphatic heterocycles. The minimum Gasteiger partial charge on any atom is -0.368 e. The molecular formula is C22H31N5O. The summed E-state index contributed by atoms with van der Waals surface area (Å²) in [6.45, 7) is 12.9. The number of anilines is 2. The molecule has 6 heteroatoms. The van der Waals surface area contributed by atoms with Crippen LogP contribution in [0.3, 0.4) is 0 Å². The van der Waals surface area contributed by atoms with Crippen LogP contribution in [-0.4, -0.2) is 48.6 Å². The minimum absolute atomic E-state index is 0.127. The SMILES string of the molecule is Cc1cccc(N2CCN(c3cc(C(=O)NCCC(C)C)ncn3)CC2)c1C. The second-order valence-electron chi connectivity index (χ2n) is 7.89. The predicted octanol–water partition coefficient (Wildman–Crippen LogP) is 3.20. The van der Waals surface area contributed by atoms with Gasteiger partial charge in [0.05, 0.1) is 0 Å². The van der Waals surface area contributed by atoms with Crippen molar-refractivity contribution in [3.63, 3.8) is 0 Å². The summed E-state index contributed by atoms with van der Waals surface area (Å²) in [6.07, 6.45) is 2.45. The van der Waals surface area contributed by atoms with Gasteiger partial charge in [-0.15, -0.1) is 0 Å². The normalized spacial score (nSPS) is 14.5. The lowest BCUT2D eigenvalue weighted by Crippen LogP contribution is -2.47. The first kappa shape index (κ1) is 20.1. The summed E-state index contributed by atoms with van der Waals surface area (Å²) in [7, 11) is 0. The van der Waals surface area contributed by atoms with Crippen molar-refractivity contribution < 1.29 is 4.79 Å². The third-order valence-corrected chi connectivity index (χ3v) is 5.41. The fourth-order valence-electron chi connectivity index (χ4n) is 3.46. The van der Waals surface area contributed by atoms with Gasteiger partial charge in [0.2, 0.25) is 0 Å². The highest BCUT2D eigenvalue weighted by Gasteiger charge is 2.21. The van der Waals surface area contributed by atoms with E-state index in [2.05, 4.69) is 71.0 Å². The first-order chi connectivity index (χ1) is 13.5. The molecule has 0 saturated carbocycles. The molecule has 1 fully saturated rings. The number of aromatic nitrogens is 2. The van der Waals surface area contributed by atoms with Gasteiger partial charge in [-0.05, 0) is 43.4 Å². The zero-order valence-electron chi connectivity index (χ0n) is 17.4. The molecule has 0 aliphatic carbocycles. The summed E-state index contributed by atoms with van der Waals surface area (Å²) in [4.78, 5) is 25.6. The Labute approximate surface area is 168 Å². The lowest BCUT2D eigenvalue weighted by molar-refractivity contribution is 0.0947. The molecule has 2 heterocycles. The third kappa shape index (κ3) is 4.80. The van der Waals surface area contributed by atoms with Crippen LogP contribution in [0.15, 0.2) is 30.6 Å². The Kier molecular flexibility index (Phi) is 6.49. The second-order valence-corrected chi connectivity index (χ2v) is 7.89. The number of carbonyl (C=O) groups excluding carboxylic acids is 1. The van der Waals surface area contributed by atoms with Crippen LogP contribution >= 0.6 is 0 Å². The van der Waals surface area contributed by atoms with Crippen molar-refractivity contribution in [3.8, 4) is 0 Å². The Bertz CT molecular complexity index is 812. The van der Waals surface area contributed by atoms with Crippen LogP contribution in [0.5, 0.6) is 0 Å². The highest BCUT2D eigenvalue weighted by Crippen LogP contribution is 2.25. The Morgan fingerprint density at radius 2 is 1.82 bits per heavy atom. The van der Waals surface area contributed by atoms with Gasteiger partial charge >= 0.3 is 0 Å². The molecule has 0 atom stereocenters. The number of nitrogens with zero attached hydrogens (tertiary/aromatic N) is 4. The monoisotopic (exact) mass is 381 g/mol. The molecule has 1 aromatic heterocycles. The number of piperazine rings is 1. The molecular weight excluding hydrogens is 350 g/mol. The molecule has 1 N–H and O–H groups in total. The third-order valence-electron chi connectivity index (χ3n) is 5.41. The number of amides is 1. The minimum atomic E-state index is -0.127. The lowest BCUT2D eigenvalue weighted by atomic mass is 10.1. The van der Waals surface area contributed by atoms with Crippen molar-refractivity contribution in [3.05, 3.63) is 47.4 Å². The average Bonchev–Trinajstić information content (AvgIpc) is 2.70. The van der Waals surface area contributed by atoms with Crippen molar-refractivity contribution in [2.45, 2.75) is 34.1 Å². The average molecular weight is 382 g/mol. The summed E-state index contributed by atoms with van der Waals surface area (Å²) in [6, 6.07) is 8.28. The topological polar surface area (TPSA) is 61.4 Å². The zero-order chi connectivity index (χ0) is 20.1. The molecule has 6 nitrogen and oxygen atoms in total. The Morgan fingerprint density at radius 1 is 1.11 bits per heavy atom. The van der Waals surface area contributed by atoms with Gasteiger partial charge in [-0.25, -0.2) is 9.97 Å². The number of benzene rings is 1. The van der Waals surface area contributed by atoms with E-state index in [4.69, 9.17) is 0 Å². The van der Waals surface area contributed by atoms with Crippen LogP contribution in [0.1, 0.15) is 41.9 Å². The van der Waals surface area contributed by atoms with Gasteiger partial charge in [0.25, 0.3) is 5.91 Å². The zero-order valence-corrected chi connectivity index (χ0v) is 17.4. The van der Waals surface area contributed by atoms with E-state index in [9.17, 15) is 4.79 Å².